The van der Waals surface area contributed by atoms with E-state index in [9.17, 15) is 27.5 Å². The summed E-state index contributed by atoms with van der Waals surface area (Å²) in [7, 11) is 0. The second kappa shape index (κ2) is 4.82. The summed E-state index contributed by atoms with van der Waals surface area (Å²) in [4.78, 5) is 11.9. The number of nitrogens with two attached hydrogens (primary N) is 1. The SMILES string of the molecule is NC1(c2ccc(C(F)(F)F)c(F)c2)CCCC(O)C1=O. The maximum atomic E-state index is 13.5. The molecule has 110 valence electrons. The summed E-state index contributed by atoms with van der Waals surface area (Å²) in [6.45, 7) is 0. The van der Waals surface area contributed by atoms with Gasteiger partial charge in [0.25, 0.3) is 0 Å². The summed E-state index contributed by atoms with van der Waals surface area (Å²) in [6, 6.07) is 2.17. The normalized spacial score (nSPS) is 27.7. The Morgan fingerprint density at radius 1 is 1.35 bits per heavy atom. The molecule has 3 N–H and O–H groups in total. The lowest BCUT2D eigenvalue weighted by molar-refractivity contribution is -0.140. The highest BCUT2D eigenvalue weighted by Crippen LogP contribution is 2.36. The number of carbonyl (C=O) groups excluding carboxylic acids is 1. The average Bonchev–Trinajstić information content (AvgIpc) is 2.34. The van der Waals surface area contributed by atoms with Gasteiger partial charge in [0, 0.05) is 0 Å². The maximum Gasteiger partial charge on any atom is 0.419 e. The molecule has 2 rings (SSSR count). The summed E-state index contributed by atoms with van der Waals surface area (Å²) in [5.74, 6) is -2.17. The molecule has 0 bridgehead atoms. The van der Waals surface area contributed by atoms with Crippen LogP contribution in [0.15, 0.2) is 18.2 Å². The molecule has 0 radical (unpaired) electrons. The standard InChI is InChI=1S/C13H13F4NO2/c14-9-6-7(3-4-8(9)13(15,16)17)12(18)5-1-2-10(19)11(12)20/h3-4,6,10,19H,1-2,5,18H2. The zero-order valence-electron chi connectivity index (χ0n) is 10.4. The largest absolute Gasteiger partial charge is 0.419 e. The molecule has 0 heterocycles. The van der Waals surface area contributed by atoms with Crippen LogP contribution in [-0.2, 0) is 16.5 Å². The zero-order chi connectivity index (χ0) is 15.1. The van der Waals surface area contributed by atoms with E-state index in [0.29, 0.717) is 18.6 Å². The van der Waals surface area contributed by atoms with Gasteiger partial charge in [0.05, 0.1) is 5.56 Å². The molecule has 3 nitrogen and oxygen atoms in total. The number of carbonyl (C=O) groups is 1. The third kappa shape index (κ3) is 2.43. The van der Waals surface area contributed by atoms with Crippen LogP contribution < -0.4 is 5.73 Å². The number of alkyl halides is 3. The van der Waals surface area contributed by atoms with Gasteiger partial charge < -0.3 is 10.8 Å². The molecular formula is C13H13F4NO2. The summed E-state index contributed by atoms with van der Waals surface area (Å²) in [5.41, 5.74) is 2.79. The predicted molar refractivity (Wildman–Crippen MR) is 62.1 cm³/mol. The number of Topliss-reactive ketones (excluding diaryl/α,β-unsaturated/α-hetero) is 1. The molecule has 0 amide bonds. The van der Waals surface area contributed by atoms with E-state index in [1.54, 1.807) is 0 Å². The van der Waals surface area contributed by atoms with Crippen LogP contribution >= 0.6 is 0 Å². The van der Waals surface area contributed by atoms with Gasteiger partial charge >= 0.3 is 6.18 Å². The van der Waals surface area contributed by atoms with E-state index in [-0.39, 0.29) is 18.4 Å². The molecule has 1 aromatic rings. The molecule has 2 unspecified atom stereocenters. The highest BCUT2D eigenvalue weighted by molar-refractivity contribution is 5.93. The molecule has 1 fully saturated rings. The van der Waals surface area contributed by atoms with Crippen molar-refractivity contribution >= 4 is 5.78 Å². The first-order chi connectivity index (χ1) is 9.16. The van der Waals surface area contributed by atoms with Crippen LogP contribution in [0.2, 0.25) is 0 Å². The van der Waals surface area contributed by atoms with E-state index in [1.165, 1.54) is 0 Å². The van der Waals surface area contributed by atoms with Gasteiger partial charge in [-0.15, -0.1) is 0 Å². The van der Waals surface area contributed by atoms with Crippen LogP contribution in [0.4, 0.5) is 17.6 Å². The van der Waals surface area contributed by atoms with Gasteiger partial charge in [-0.3, -0.25) is 4.79 Å². The van der Waals surface area contributed by atoms with Crippen molar-refractivity contribution in [2.75, 3.05) is 0 Å². The minimum Gasteiger partial charge on any atom is -0.385 e. The Balaban J connectivity index is 2.43. The van der Waals surface area contributed by atoms with Gasteiger partial charge in [0.15, 0.2) is 5.78 Å². The highest BCUT2D eigenvalue weighted by Gasteiger charge is 2.43. The van der Waals surface area contributed by atoms with Crippen molar-refractivity contribution in [3.05, 3.63) is 35.1 Å². The molecule has 0 aliphatic heterocycles. The molecule has 1 saturated carbocycles. The minimum absolute atomic E-state index is 0.0493. The number of halogens is 4. The van der Waals surface area contributed by atoms with Gasteiger partial charge in [0.1, 0.15) is 17.5 Å². The molecule has 0 spiro atoms. The molecule has 1 aliphatic rings. The molecule has 0 aromatic heterocycles. The maximum absolute atomic E-state index is 13.5. The second-order valence-electron chi connectivity index (χ2n) is 4.94. The number of rotatable bonds is 1. The lowest BCUT2D eigenvalue weighted by atomic mass is 9.75. The van der Waals surface area contributed by atoms with Crippen LogP contribution in [-0.4, -0.2) is 17.0 Å². The Morgan fingerprint density at radius 2 is 2.00 bits per heavy atom. The Hall–Kier alpha value is -1.47. The third-order valence-electron chi connectivity index (χ3n) is 3.58. The summed E-state index contributed by atoms with van der Waals surface area (Å²) >= 11 is 0. The van der Waals surface area contributed by atoms with E-state index in [0.717, 1.165) is 6.07 Å². The van der Waals surface area contributed by atoms with Crippen LogP contribution in [0, 0.1) is 5.82 Å². The number of hydrogen-bond donors (Lipinski definition) is 2. The molecule has 2 atom stereocenters. The van der Waals surface area contributed by atoms with E-state index in [1.807, 2.05) is 0 Å². The Kier molecular flexibility index (Phi) is 3.60. The van der Waals surface area contributed by atoms with Crippen molar-refractivity contribution in [3.8, 4) is 0 Å². The van der Waals surface area contributed by atoms with Crippen LogP contribution in [0.25, 0.3) is 0 Å². The van der Waals surface area contributed by atoms with Crippen LogP contribution in [0.5, 0.6) is 0 Å². The summed E-state index contributed by atoms with van der Waals surface area (Å²) in [6.07, 6.45) is -5.22. The molecule has 0 saturated heterocycles. The predicted octanol–water partition coefficient (Wildman–Crippen LogP) is 2.11. The van der Waals surface area contributed by atoms with Gasteiger partial charge in [-0.1, -0.05) is 6.07 Å². The fraction of sp³-hybridized carbons (Fsp3) is 0.462. The van der Waals surface area contributed by atoms with Gasteiger partial charge in [-0.25, -0.2) is 4.39 Å². The number of hydrogen-bond acceptors (Lipinski definition) is 3. The van der Waals surface area contributed by atoms with Crippen LogP contribution in [0.3, 0.4) is 0 Å². The number of aliphatic hydroxyl groups is 1. The highest BCUT2D eigenvalue weighted by atomic mass is 19.4. The summed E-state index contributed by atoms with van der Waals surface area (Å²) in [5, 5.41) is 9.52. The van der Waals surface area contributed by atoms with E-state index < -0.39 is 35.0 Å². The van der Waals surface area contributed by atoms with E-state index in [4.69, 9.17) is 5.73 Å². The first-order valence-corrected chi connectivity index (χ1v) is 6.05. The quantitative estimate of drug-likeness (QED) is 0.779. The number of ketones is 1. The molecule has 1 aliphatic carbocycles. The third-order valence-corrected chi connectivity index (χ3v) is 3.58. The fourth-order valence-electron chi connectivity index (χ4n) is 2.43. The first-order valence-electron chi connectivity index (χ1n) is 6.05. The van der Waals surface area contributed by atoms with Gasteiger partial charge in [0.2, 0.25) is 0 Å². The number of benzene rings is 1. The molecule has 7 heteroatoms. The average molecular weight is 291 g/mol. The summed E-state index contributed by atoms with van der Waals surface area (Å²) < 4.78 is 51.0. The van der Waals surface area contributed by atoms with E-state index in [2.05, 4.69) is 0 Å². The van der Waals surface area contributed by atoms with Crippen molar-refractivity contribution in [1.82, 2.24) is 0 Å². The van der Waals surface area contributed by atoms with Crippen molar-refractivity contribution < 1.29 is 27.5 Å². The van der Waals surface area contributed by atoms with Crippen molar-refractivity contribution in [2.24, 2.45) is 5.73 Å². The molecule has 20 heavy (non-hydrogen) atoms. The first kappa shape index (κ1) is 14.9. The smallest absolute Gasteiger partial charge is 0.385 e. The van der Waals surface area contributed by atoms with Crippen molar-refractivity contribution in [1.29, 1.82) is 0 Å². The second-order valence-corrected chi connectivity index (χ2v) is 4.94. The zero-order valence-corrected chi connectivity index (χ0v) is 10.4. The molecular weight excluding hydrogens is 278 g/mol. The Morgan fingerprint density at radius 3 is 2.55 bits per heavy atom. The van der Waals surface area contributed by atoms with Crippen molar-refractivity contribution in [3.63, 3.8) is 0 Å². The number of aliphatic hydroxyl groups excluding tert-OH is 1. The lowest BCUT2D eigenvalue weighted by Crippen LogP contribution is -2.52. The van der Waals surface area contributed by atoms with Crippen LogP contribution in [0.1, 0.15) is 30.4 Å². The lowest BCUT2D eigenvalue weighted by Gasteiger charge is -2.34. The molecule has 1 aromatic carbocycles. The van der Waals surface area contributed by atoms with Gasteiger partial charge in [-0.2, -0.15) is 13.2 Å². The topological polar surface area (TPSA) is 63.3 Å². The fourth-order valence-corrected chi connectivity index (χ4v) is 2.43. The minimum atomic E-state index is -4.81. The Labute approximate surface area is 112 Å². The van der Waals surface area contributed by atoms with E-state index >= 15 is 0 Å². The van der Waals surface area contributed by atoms with Gasteiger partial charge in [-0.05, 0) is 37.0 Å². The monoisotopic (exact) mass is 291 g/mol. The van der Waals surface area contributed by atoms with Crippen molar-refractivity contribution in [2.45, 2.75) is 37.1 Å². The Bertz CT molecular complexity index is 544.